The van der Waals surface area contributed by atoms with Crippen LogP contribution >= 0.6 is 0 Å². The maximum atomic E-state index is 13.8. The fourth-order valence-corrected chi connectivity index (χ4v) is 4.19. The molecule has 1 saturated carbocycles. The predicted octanol–water partition coefficient (Wildman–Crippen LogP) is 5.88. The van der Waals surface area contributed by atoms with Gasteiger partial charge in [-0.1, -0.05) is 31.4 Å². The summed E-state index contributed by atoms with van der Waals surface area (Å²) < 4.78 is 132. The second-order valence-electron chi connectivity index (χ2n) is 9.76. The maximum absolute atomic E-state index is 13.8. The van der Waals surface area contributed by atoms with E-state index < -0.39 is 55.4 Å². The molecule has 8 nitrogen and oxygen atoms in total. The number of rotatable bonds is 16. The van der Waals surface area contributed by atoms with Gasteiger partial charge in [0.1, 0.15) is 12.4 Å². The third-order valence-corrected chi connectivity index (χ3v) is 6.60. The summed E-state index contributed by atoms with van der Waals surface area (Å²) in [5, 5.41) is 11.8. The van der Waals surface area contributed by atoms with Crippen LogP contribution in [0.2, 0.25) is 0 Å². The number of aliphatic carboxylic acids is 1. The van der Waals surface area contributed by atoms with Crippen molar-refractivity contribution >= 4 is 12.0 Å². The Kier molecular flexibility index (Phi) is 12.8. The van der Waals surface area contributed by atoms with Gasteiger partial charge in [0.25, 0.3) is 0 Å². The zero-order valence-electron chi connectivity index (χ0n) is 23.1. The predicted molar refractivity (Wildman–Crippen MR) is 133 cm³/mol. The number of amides is 2. The van der Waals surface area contributed by atoms with Crippen molar-refractivity contribution in [3.63, 3.8) is 0 Å². The first kappa shape index (κ1) is 36.2. The van der Waals surface area contributed by atoms with Crippen LogP contribution in [-0.4, -0.2) is 91.2 Å². The Morgan fingerprint density at radius 3 is 2.05 bits per heavy atom. The lowest BCUT2D eigenvalue weighted by atomic mass is 9.96. The average molecular weight is 641 g/mol. The molecular formula is C26H33F9N2O6. The van der Waals surface area contributed by atoms with E-state index in [0.717, 1.165) is 24.2 Å². The highest BCUT2D eigenvalue weighted by atomic mass is 19.4. The Hall–Kier alpha value is -2.95. The third-order valence-electron chi connectivity index (χ3n) is 6.60. The first-order valence-corrected chi connectivity index (χ1v) is 13.4. The van der Waals surface area contributed by atoms with Crippen LogP contribution in [0.1, 0.15) is 44.6 Å². The number of urea groups is 1. The first-order valence-electron chi connectivity index (χ1n) is 13.4. The molecule has 1 fully saturated rings. The number of nitrogens with zero attached hydrogens (tertiary/aromatic N) is 1. The summed E-state index contributed by atoms with van der Waals surface area (Å²) >= 11 is 0. The van der Waals surface area contributed by atoms with Gasteiger partial charge in [0.2, 0.25) is 0 Å². The molecule has 0 spiro atoms. The summed E-state index contributed by atoms with van der Waals surface area (Å²) in [6, 6.07) is 4.98. The molecule has 1 aliphatic rings. The van der Waals surface area contributed by atoms with Crippen molar-refractivity contribution in [2.45, 2.75) is 81.7 Å². The van der Waals surface area contributed by atoms with E-state index in [1.165, 1.54) is 12.1 Å². The number of hydrogen-bond acceptors (Lipinski definition) is 5. The Balaban J connectivity index is 2.03. The summed E-state index contributed by atoms with van der Waals surface area (Å²) in [5.41, 5.74) is 0.604. The van der Waals surface area contributed by atoms with Crippen molar-refractivity contribution in [2.75, 3.05) is 32.9 Å². The normalized spacial score (nSPS) is 16.0. The Labute approximate surface area is 241 Å². The van der Waals surface area contributed by atoms with Gasteiger partial charge in [-0.15, -0.1) is 0 Å². The quantitative estimate of drug-likeness (QED) is 0.219. The molecule has 1 aromatic carbocycles. The molecule has 0 aliphatic heterocycles. The number of halogens is 9. The Bertz CT molecular complexity index is 1030. The summed E-state index contributed by atoms with van der Waals surface area (Å²) in [7, 11) is 0. The lowest BCUT2D eigenvalue weighted by Crippen LogP contribution is -2.62. The molecule has 1 aliphatic carbocycles. The van der Waals surface area contributed by atoms with E-state index in [2.05, 4.69) is 10.1 Å². The van der Waals surface area contributed by atoms with Crippen LogP contribution in [-0.2, 0) is 20.7 Å². The van der Waals surface area contributed by atoms with Gasteiger partial charge < -0.3 is 29.5 Å². The number of benzene rings is 1. The molecule has 0 radical (unpaired) electrons. The summed E-state index contributed by atoms with van der Waals surface area (Å²) in [5.74, 6) is -14.9. The molecule has 1 atom stereocenters. The second kappa shape index (κ2) is 15.2. The molecule has 43 heavy (non-hydrogen) atoms. The van der Waals surface area contributed by atoms with Gasteiger partial charge >= 0.3 is 36.1 Å². The minimum Gasteiger partial charge on any atom is -0.492 e. The van der Waals surface area contributed by atoms with Gasteiger partial charge in [-0.05, 0) is 37.5 Å². The number of ether oxygens (including phenoxy) is 3. The van der Waals surface area contributed by atoms with E-state index in [9.17, 15) is 54.2 Å². The fraction of sp³-hybridized carbons (Fsp3) is 0.692. The average Bonchev–Trinajstić information content (AvgIpc) is 2.92. The Morgan fingerprint density at radius 1 is 0.930 bits per heavy atom. The molecule has 0 aromatic heterocycles. The minimum atomic E-state index is -7.09. The smallest absolute Gasteiger partial charge is 0.460 e. The highest BCUT2D eigenvalue weighted by molar-refractivity contribution is 5.74. The molecule has 0 heterocycles. The molecule has 246 valence electrons. The standard InChI is InChI=1S/C26H33F9N2O6/c1-2-41-20(21(38)39)16-17-8-10-19(11-9-17)42-14-12-37(22(40)36-18-6-4-3-5-7-18)13-15-43-26(34,35)24(29,30)23(27,28)25(31,32)33/h8-11,18,20H,2-7,12-16H2,1H3,(H,36,40)(H,38,39). The molecule has 2 amide bonds. The van der Waals surface area contributed by atoms with Crippen LogP contribution in [0.15, 0.2) is 24.3 Å². The van der Waals surface area contributed by atoms with Crippen LogP contribution in [0.4, 0.5) is 44.3 Å². The topological polar surface area (TPSA) is 97.3 Å². The van der Waals surface area contributed by atoms with Crippen molar-refractivity contribution in [3.8, 4) is 5.75 Å². The van der Waals surface area contributed by atoms with E-state index >= 15 is 0 Å². The molecule has 1 aromatic rings. The molecule has 0 bridgehead atoms. The Morgan fingerprint density at radius 2 is 1.51 bits per heavy atom. The molecule has 2 N–H and O–H groups in total. The summed E-state index contributed by atoms with van der Waals surface area (Å²) in [6.07, 6.45) is -10.4. The van der Waals surface area contributed by atoms with Gasteiger partial charge in [-0.25, -0.2) is 9.59 Å². The number of carbonyl (C=O) groups excluding carboxylic acids is 1. The SMILES string of the molecule is CCOC(Cc1ccc(OCCN(CCOC(F)(F)C(F)(F)C(F)(F)C(F)(F)F)C(=O)NC2CCCCC2)cc1)C(=O)O. The minimum absolute atomic E-state index is 0.0666. The molecule has 0 saturated heterocycles. The van der Waals surface area contributed by atoms with Gasteiger partial charge in [-0.3, -0.25) is 0 Å². The van der Waals surface area contributed by atoms with Gasteiger partial charge in [-0.2, -0.15) is 39.5 Å². The van der Waals surface area contributed by atoms with Gasteiger partial charge in [0, 0.05) is 25.6 Å². The molecular weight excluding hydrogens is 607 g/mol. The molecule has 17 heteroatoms. The van der Waals surface area contributed by atoms with Gasteiger partial charge in [0.15, 0.2) is 6.10 Å². The van der Waals surface area contributed by atoms with Crippen molar-refractivity contribution in [1.29, 1.82) is 0 Å². The van der Waals surface area contributed by atoms with Gasteiger partial charge in [0.05, 0.1) is 13.2 Å². The summed E-state index contributed by atoms with van der Waals surface area (Å²) in [4.78, 5) is 24.9. The van der Waals surface area contributed by atoms with Crippen molar-refractivity contribution in [2.24, 2.45) is 0 Å². The lowest BCUT2D eigenvalue weighted by molar-refractivity contribution is -0.443. The van der Waals surface area contributed by atoms with Crippen LogP contribution < -0.4 is 10.1 Å². The third kappa shape index (κ3) is 9.78. The van der Waals surface area contributed by atoms with Crippen LogP contribution in [0.5, 0.6) is 5.75 Å². The van der Waals surface area contributed by atoms with E-state index in [1.54, 1.807) is 19.1 Å². The van der Waals surface area contributed by atoms with E-state index in [1.807, 2.05) is 0 Å². The lowest BCUT2D eigenvalue weighted by Gasteiger charge is -2.33. The van der Waals surface area contributed by atoms with Crippen molar-refractivity contribution < 1.29 is 68.4 Å². The monoisotopic (exact) mass is 640 g/mol. The zero-order chi connectivity index (χ0) is 32.5. The van der Waals surface area contributed by atoms with Crippen LogP contribution in [0, 0.1) is 0 Å². The number of nitrogens with one attached hydrogen (secondary N) is 1. The zero-order valence-corrected chi connectivity index (χ0v) is 23.1. The second-order valence-corrected chi connectivity index (χ2v) is 9.76. The molecule has 2 rings (SSSR count). The maximum Gasteiger partial charge on any atom is 0.460 e. The summed E-state index contributed by atoms with van der Waals surface area (Å²) in [6.45, 7) is -1.16. The largest absolute Gasteiger partial charge is 0.492 e. The van der Waals surface area contributed by atoms with Crippen molar-refractivity contribution in [1.82, 2.24) is 10.2 Å². The number of carboxylic acids is 1. The highest BCUT2D eigenvalue weighted by Gasteiger charge is 2.82. The first-order chi connectivity index (χ1) is 19.9. The number of hydrogen-bond donors (Lipinski definition) is 2. The fourth-order valence-electron chi connectivity index (χ4n) is 4.19. The van der Waals surface area contributed by atoms with Crippen molar-refractivity contribution in [3.05, 3.63) is 29.8 Å². The number of carboxylic acid groups (broad SMARTS) is 1. The van der Waals surface area contributed by atoms with Crippen LogP contribution in [0.25, 0.3) is 0 Å². The van der Waals surface area contributed by atoms with E-state index in [4.69, 9.17) is 9.47 Å². The number of carbonyl (C=O) groups is 2. The van der Waals surface area contributed by atoms with Crippen LogP contribution in [0.3, 0.4) is 0 Å². The van der Waals surface area contributed by atoms with E-state index in [-0.39, 0.29) is 38.0 Å². The van der Waals surface area contributed by atoms with E-state index in [0.29, 0.717) is 18.4 Å². The number of alkyl halides is 9. The highest BCUT2D eigenvalue weighted by Crippen LogP contribution is 2.53. The molecule has 1 unspecified atom stereocenters.